The molecule has 0 aliphatic heterocycles. The maximum Gasteiger partial charge on any atom is 0.0274 e. The molecule has 0 amide bonds. The van der Waals surface area contributed by atoms with Gasteiger partial charge in [-0.1, -0.05) is 32.0 Å². The Hall–Kier alpha value is -1.12. The second kappa shape index (κ2) is 5.48. The molecule has 0 saturated carbocycles. The van der Waals surface area contributed by atoms with Gasteiger partial charge in [0.05, 0.1) is 0 Å². The van der Waals surface area contributed by atoms with Crippen LogP contribution in [-0.4, -0.2) is 0 Å². The van der Waals surface area contributed by atoms with E-state index in [1.807, 2.05) is 0 Å². The van der Waals surface area contributed by atoms with Crippen molar-refractivity contribution < 1.29 is 0 Å². The van der Waals surface area contributed by atoms with E-state index < -0.39 is 0 Å². The van der Waals surface area contributed by atoms with Crippen molar-refractivity contribution in [2.45, 2.75) is 33.2 Å². The van der Waals surface area contributed by atoms with Crippen LogP contribution in [0.2, 0.25) is 0 Å². The van der Waals surface area contributed by atoms with Gasteiger partial charge in [0.2, 0.25) is 0 Å². The Bertz CT molecular complexity index is 499. The van der Waals surface area contributed by atoms with Crippen LogP contribution < -0.4 is 5.73 Å². The number of thiophene rings is 1. The lowest BCUT2D eigenvalue weighted by atomic mass is 9.98. The van der Waals surface area contributed by atoms with E-state index in [1.165, 1.54) is 27.1 Å². The van der Waals surface area contributed by atoms with Crippen LogP contribution in [0.15, 0.2) is 29.6 Å². The highest BCUT2D eigenvalue weighted by Gasteiger charge is 2.05. The molecular weight excluding hydrogens is 226 g/mol. The third kappa shape index (κ3) is 2.59. The Morgan fingerprint density at radius 2 is 1.76 bits per heavy atom. The molecule has 0 radical (unpaired) electrons. The first-order chi connectivity index (χ1) is 8.28. The van der Waals surface area contributed by atoms with E-state index in [4.69, 9.17) is 5.73 Å². The zero-order valence-corrected chi connectivity index (χ0v) is 11.3. The quantitative estimate of drug-likeness (QED) is 0.865. The van der Waals surface area contributed by atoms with Gasteiger partial charge in [-0.25, -0.2) is 0 Å². The summed E-state index contributed by atoms with van der Waals surface area (Å²) in [7, 11) is 0. The highest BCUT2D eigenvalue weighted by molar-refractivity contribution is 7.10. The zero-order valence-electron chi connectivity index (χ0n) is 10.5. The first kappa shape index (κ1) is 12.3. The lowest BCUT2D eigenvalue weighted by Gasteiger charge is -2.07. The minimum absolute atomic E-state index is 0.637. The van der Waals surface area contributed by atoms with E-state index in [2.05, 4.69) is 43.5 Å². The van der Waals surface area contributed by atoms with Gasteiger partial charge in [0, 0.05) is 11.4 Å². The monoisotopic (exact) mass is 245 g/mol. The van der Waals surface area contributed by atoms with Crippen molar-refractivity contribution in [1.82, 2.24) is 0 Å². The van der Waals surface area contributed by atoms with E-state index in [9.17, 15) is 0 Å². The van der Waals surface area contributed by atoms with Crippen molar-refractivity contribution in [3.8, 4) is 11.1 Å². The summed E-state index contributed by atoms with van der Waals surface area (Å²) in [4.78, 5) is 1.25. The molecule has 1 nitrogen and oxygen atoms in total. The molecule has 0 atom stereocenters. The Morgan fingerprint density at radius 1 is 1.00 bits per heavy atom. The molecule has 0 spiro atoms. The second-order valence-electron chi connectivity index (χ2n) is 4.20. The van der Waals surface area contributed by atoms with E-state index in [0.717, 1.165) is 12.8 Å². The molecule has 2 rings (SSSR count). The van der Waals surface area contributed by atoms with Gasteiger partial charge in [0.15, 0.2) is 0 Å². The molecule has 2 N–H and O–H groups in total. The fourth-order valence-electron chi connectivity index (χ4n) is 2.12. The number of benzene rings is 1. The van der Waals surface area contributed by atoms with Gasteiger partial charge in [-0.05, 0) is 46.5 Å². The smallest absolute Gasteiger partial charge is 0.0274 e. The van der Waals surface area contributed by atoms with Crippen LogP contribution in [0.5, 0.6) is 0 Å². The van der Waals surface area contributed by atoms with E-state index >= 15 is 0 Å². The summed E-state index contributed by atoms with van der Waals surface area (Å²) in [5, 5.41) is 2.20. The number of rotatable bonds is 4. The summed E-state index contributed by atoms with van der Waals surface area (Å²) < 4.78 is 0. The summed E-state index contributed by atoms with van der Waals surface area (Å²) in [6.07, 6.45) is 2.21. The minimum Gasteiger partial charge on any atom is -0.326 e. The molecular formula is C15H19NS. The Labute approximate surface area is 107 Å². The highest BCUT2D eigenvalue weighted by atomic mass is 32.1. The van der Waals surface area contributed by atoms with Crippen molar-refractivity contribution in [2.75, 3.05) is 0 Å². The van der Waals surface area contributed by atoms with Crippen LogP contribution in [0.3, 0.4) is 0 Å². The molecule has 0 aliphatic carbocycles. The molecule has 1 aromatic carbocycles. The molecule has 2 aromatic rings. The van der Waals surface area contributed by atoms with Gasteiger partial charge < -0.3 is 5.73 Å². The van der Waals surface area contributed by atoms with Crippen molar-refractivity contribution >= 4 is 11.3 Å². The maximum atomic E-state index is 5.65. The molecule has 1 aromatic heterocycles. The molecule has 1 heterocycles. The summed E-state index contributed by atoms with van der Waals surface area (Å²) in [5.74, 6) is 0. The number of hydrogen-bond acceptors (Lipinski definition) is 2. The Kier molecular flexibility index (Phi) is 3.97. The zero-order chi connectivity index (χ0) is 12.3. The number of hydrogen-bond donors (Lipinski definition) is 1. The first-order valence-corrected chi connectivity index (χ1v) is 7.06. The summed E-state index contributed by atoms with van der Waals surface area (Å²) >= 11 is 1.74. The van der Waals surface area contributed by atoms with Gasteiger partial charge in [-0.3, -0.25) is 0 Å². The molecule has 0 aliphatic rings. The molecule has 90 valence electrons. The topological polar surface area (TPSA) is 26.0 Å². The summed E-state index contributed by atoms with van der Waals surface area (Å²) in [6, 6.07) is 9.00. The van der Waals surface area contributed by atoms with Gasteiger partial charge in [-0.2, -0.15) is 0 Å². The third-order valence-electron chi connectivity index (χ3n) is 3.16. The average molecular weight is 245 g/mol. The standard InChI is InChI=1S/C15H19NS/c1-3-11-5-6-13(7-12(11)4-2)14-8-15(9-16)17-10-14/h5-8,10H,3-4,9,16H2,1-2H3. The fraction of sp³-hybridized carbons (Fsp3) is 0.333. The summed E-state index contributed by atoms with van der Waals surface area (Å²) in [6.45, 7) is 5.07. The predicted octanol–water partition coefficient (Wildman–Crippen LogP) is 4.00. The molecule has 0 bridgehead atoms. The first-order valence-electron chi connectivity index (χ1n) is 6.18. The lowest BCUT2D eigenvalue weighted by molar-refractivity contribution is 1.04. The van der Waals surface area contributed by atoms with Crippen molar-refractivity contribution in [3.05, 3.63) is 45.6 Å². The van der Waals surface area contributed by atoms with Crippen molar-refractivity contribution in [2.24, 2.45) is 5.73 Å². The van der Waals surface area contributed by atoms with Crippen molar-refractivity contribution in [1.29, 1.82) is 0 Å². The Morgan fingerprint density at radius 3 is 2.35 bits per heavy atom. The SMILES string of the molecule is CCc1ccc(-c2csc(CN)c2)cc1CC. The van der Waals surface area contributed by atoms with Crippen LogP contribution in [0.1, 0.15) is 29.9 Å². The second-order valence-corrected chi connectivity index (χ2v) is 5.19. The van der Waals surface area contributed by atoms with Crippen LogP contribution in [0.25, 0.3) is 11.1 Å². The summed E-state index contributed by atoms with van der Waals surface area (Å²) in [5.41, 5.74) is 11.2. The van der Waals surface area contributed by atoms with Gasteiger partial charge >= 0.3 is 0 Å². The molecule has 2 heteroatoms. The molecule has 0 saturated heterocycles. The van der Waals surface area contributed by atoms with E-state index in [0.29, 0.717) is 6.54 Å². The molecule has 17 heavy (non-hydrogen) atoms. The Balaban J connectivity index is 2.38. The van der Waals surface area contributed by atoms with Gasteiger partial charge in [0.1, 0.15) is 0 Å². The average Bonchev–Trinajstić information content (AvgIpc) is 2.86. The molecule has 0 fully saturated rings. The van der Waals surface area contributed by atoms with E-state index in [1.54, 1.807) is 11.3 Å². The number of nitrogens with two attached hydrogens (primary N) is 1. The third-order valence-corrected chi connectivity index (χ3v) is 4.12. The largest absolute Gasteiger partial charge is 0.326 e. The van der Waals surface area contributed by atoms with Crippen molar-refractivity contribution in [3.63, 3.8) is 0 Å². The normalized spacial score (nSPS) is 10.8. The van der Waals surface area contributed by atoms with Crippen LogP contribution in [-0.2, 0) is 19.4 Å². The number of aryl methyl sites for hydroxylation is 2. The van der Waals surface area contributed by atoms with Crippen LogP contribution in [0, 0.1) is 0 Å². The van der Waals surface area contributed by atoms with Gasteiger partial charge in [0.25, 0.3) is 0 Å². The van der Waals surface area contributed by atoms with E-state index in [-0.39, 0.29) is 0 Å². The highest BCUT2D eigenvalue weighted by Crippen LogP contribution is 2.27. The lowest BCUT2D eigenvalue weighted by Crippen LogP contribution is -1.92. The van der Waals surface area contributed by atoms with Crippen LogP contribution in [0.4, 0.5) is 0 Å². The predicted molar refractivity (Wildman–Crippen MR) is 76.4 cm³/mol. The maximum absolute atomic E-state index is 5.65. The van der Waals surface area contributed by atoms with Gasteiger partial charge in [-0.15, -0.1) is 11.3 Å². The molecule has 0 unspecified atom stereocenters. The fourth-order valence-corrected chi connectivity index (χ4v) is 2.89. The minimum atomic E-state index is 0.637. The van der Waals surface area contributed by atoms with Crippen LogP contribution >= 0.6 is 11.3 Å².